The summed E-state index contributed by atoms with van der Waals surface area (Å²) in [7, 11) is 0. The van der Waals surface area contributed by atoms with Gasteiger partial charge >= 0.3 is 0 Å². The minimum atomic E-state index is 0.847. The van der Waals surface area contributed by atoms with Gasteiger partial charge in [0.2, 0.25) is 0 Å². The van der Waals surface area contributed by atoms with Gasteiger partial charge in [0, 0.05) is 0 Å². The van der Waals surface area contributed by atoms with E-state index in [0.29, 0.717) is 0 Å². The molecule has 0 N–H and O–H groups in total. The van der Waals surface area contributed by atoms with E-state index in [-0.39, 0.29) is 0 Å². The largest absolute Gasteiger partial charge is 0.144 e. The molecule has 0 aromatic heterocycles. The zero-order valence-electron chi connectivity index (χ0n) is 7.73. The Morgan fingerprint density at radius 2 is 1.64 bits per heavy atom. The molecule has 0 saturated carbocycles. The number of hydrogen-bond acceptors (Lipinski definition) is 1. The lowest BCUT2D eigenvalue weighted by Gasteiger charge is -2.02. The van der Waals surface area contributed by atoms with Crippen molar-refractivity contribution >= 4 is 12.6 Å². The maximum Gasteiger partial charge on any atom is -0.0000106 e. The standard InChI is InChI=1S/C10H16S/c1-7(2)6-8(3)9(4)10(5)11/h6,11H,5H2,1-4H3/b9-8-. The second-order valence-electron chi connectivity index (χ2n) is 2.98. The predicted octanol–water partition coefficient (Wildman–Crippen LogP) is 3.73. The van der Waals surface area contributed by atoms with Crippen LogP contribution in [0.3, 0.4) is 0 Å². The summed E-state index contributed by atoms with van der Waals surface area (Å²) in [4.78, 5) is 0.847. The average Bonchev–Trinajstić information content (AvgIpc) is 1.84. The minimum Gasteiger partial charge on any atom is -0.144 e. The Bertz CT molecular complexity index is 215. The maximum absolute atomic E-state index is 4.17. The van der Waals surface area contributed by atoms with Gasteiger partial charge in [0.15, 0.2) is 0 Å². The number of rotatable bonds is 2. The van der Waals surface area contributed by atoms with Crippen LogP contribution in [-0.4, -0.2) is 0 Å². The van der Waals surface area contributed by atoms with Crippen molar-refractivity contribution in [1.29, 1.82) is 0 Å². The van der Waals surface area contributed by atoms with Gasteiger partial charge in [-0.15, -0.1) is 12.6 Å². The molecule has 0 saturated heterocycles. The first-order chi connectivity index (χ1) is 4.95. The third kappa shape index (κ3) is 4.10. The van der Waals surface area contributed by atoms with Gasteiger partial charge in [-0.05, 0) is 43.7 Å². The van der Waals surface area contributed by atoms with E-state index in [9.17, 15) is 0 Å². The van der Waals surface area contributed by atoms with Crippen molar-refractivity contribution in [3.63, 3.8) is 0 Å². The molecule has 11 heavy (non-hydrogen) atoms. The Morgan fingerprint density at radius 3 is 1.91 bits per heavy atom. The molecule has 0 spiro atoms. The fraction of sp³-hybridized carbons (Fsp3) is 0.400. The van der Waals surface area contributed by atoms with E-state index in [1.54, 1.807) is 0 Å². The van der Waals surface area contributed by atoms with Crippen molar-refractivity contribution in [3.05, 3.63) is 34.3 Å². The summed E-state index contributed by atoms with van der Waals surface area (Å²) in [5.74, 6) is 0. The van der Waals surface area contributed by atoms with Gasteiger partial charge in [-0.1, -0.05) is 18.2 Å². The first-order valence-electron chi connectivity index (χ1n) is 3.65. The van der Waals surface area contributed by atoms with Gasteiger partial charge < -0.3 is 0 Å². The first-order valence-corrected chi connectivity index (χ1v) is 4.10. The quantitative estimate of drug-likeness (QED) is 0.471. The number of allylic oxidation sites excluding steroid dienone is 4. The molecular weight excluding hydrogens is 152 g/mol. The first kappa shape index (κ1) is 10.6. The summed E-state index contributed by atoms with van der Waals surface area (Å²) >= 11 is 4.17. The van der Waals surface area contributed by atoms with Gasteiger partial charge in [0.05, 0.1) is 0 Å². The van der Waals surface area contributed by atoms with Crippen LogP contribution in [0.2, 0.25) is 0 Å². The summed E-state index contributed by atoms with van der Waals surface area (Å²) in [6.45, 7) is 12.0. The molecule has 0 heterocycles. The van der Waals surface area contributed by atoms with E-state index < -0.39 is 0 Å². The molecule has 0 bridgehead atoms. The Labute approximate surface area is 75.1 Å². The average molecular weight is 168 g/mol. The van der Waals surface area contributed by atoms with Crippen LogP contribution in [0.5, 0.6) is 0 Å². The molecule has 0 aromatic carbocycles. The highest BCUT2D eigenvalue weighted by Crippen LogP contribution is 2.16. The maximum atomic E-state index is 4.17. The number of thiol groups is 1. The van der Waals surface area contributed by atoms with Crippen molar-refractivity contribution in [1.82, 2.24) is 0 Å². The Morgan fingerprint density at radius 1 is 1.18 bits per heavy atom. The third-order valence-electron chi connectivity index (χ3n) is 1.53. The molecule has 0 fully saturated rings. The summed E-state index contributed by atoms with van der Waals surface area (Å²) in [6, 6.07) is 0. The Balaban J connectivity index is 4.68. The summed E-state index contributed by atoms with van der Waals surface area (Å²) in [5, 5.41) is 0. The molecule has 62 valence electrons. The molecule has 0 aliphatic carbocycles. The molecular formula is C10H16S. The summed E-state index contributed by atoms with van der Waals surface area (Å²) in [5.41, 5.74) is 3.70. The molecule has 1 heteroatoms. The van der Waals surface area contributed by atoms with Gasteiger partial charge in [0.1, 0.15) is 0 Å². The highest BCUT2D eigenvalue weighted by Gasteiger charge is 1.94. The molecule has 0 nitrogen and oxygen atoms in total. The summed E-state index contributed by atoms with van der Waals surface area (Å²) in [6.07, 6.45) is 2.14. The van der Waals surface area contributed by atoms with Crippen LogP contribution in [0.1, 0.15) is 27.7 Å². The molecule has 0 radical (unpaired) electrons. The van der Waals surface area contributed by atoms with Gasteiger partial charge in [-0.25, -0.2) is 0 Å². The highest BCUT2D eigenvalue weighted by molar-refractivity contribution is 7.84. The zero-order chi connectivity index (χ0) is 9.02. The van der Waals surface area contributed by atoms with Crippen molar-refractivity contribution in [2.45, 2.75) is 27.7 Å². The molecule has 0 unspecified atom stereocenters. The summed E-state index contributed by atoms with van der Waals surface area (Å²) < 4.78 is 0. The van der Waals surface area contributed by atoms with Crippen LogP contribution in [0.4, 0.5) is 0 Å². The monoisotopic (exact) mass is 168 g/mol. The van der Waals surface area contributed by atoms with Crippen LogP contribution >= 0.6 is 12.6 Å². The normalized spacial score (nSPS) is 12.1. The Hall–Kier alpha value is -0.430. The van der Waals surface area contributed by atoms with Crippen molar-refractivity contribution in [2.24, 2.45) is 0 Å². The number of hydrogen-bond donors (Lipinski definition) is 1. The van der Waals surface area contributed by atoms with Crippen molar-refractivity contribution in [2.75, 3.05) is 0 Å². The second-order valence-corrected chi connectivity index (χ2v) is 3.52. The van der Waals surface area contributed by atoms with Crippen LogP contribution in [0, 0.1) is 0 Å². The van der Waals surface area contributed by atoms with E-state index in [0.717, 1.165) is 10.5 Å². The highest BCUT2D eigenvalue weighted by atomic mass is 32.1. The van der Waals surface area contributed by atoms with Gasteiger partial charge in [0.25, 0.3) is 0 Å². The third-order valence-corrected chi connectivity index (χ3v) is 1.86. The van der Waals surface area contributed by atoms with E-state index in [1.165, 1.54) is 11.1 Å². The van der Waals surface area contributed by atoms with Gasteiger partial charge in [-0.2, -0.15) is 0 Å². The van der Waals surface area contributed by atoms with Crippen LogP contribution < -0.4 is 0 Å². The topological polar surface area (TPSA) is 0 Å². The van der Waals surface area contributed by atoms with Crippen LogP contribution in [0.25, 0.3) is 0 Å². The van der Waals surface area contributed by atoms with E-state index >= 15 is 0 Å². The molecule has 0 aliphatic heterocycles. The van der Waals surface area contributed by atoms with E-state index in [2.05, 4.69) is 46.1 Å². The van der Waals surface area contributed by atoms with E-state index in [4.69, 9.17) is 0 Å². The molecule has 0 amide bonds. The SMILES string of the molecule is C=C(S)/C(C)=C(/C)C=C(C)C. The predicted molar refractivity (Wildman–Crippen MR) is 55.9 cm³/mol. The fourth-order valence-electron chi connectivity index (χ4n) is 0.769. The van der Waals surface area contributed by atoms with Gasteiger partial charge in [-0.3, -0.25) is 0 Å². The van der Waals surface area contributed by atoms with Crippen molar-refractivity contribution < 1.29 is 0 Å². The molecule has 0 rings (SSSR count). The fourth-order valence-corrected chi connectivity index (χ4v) is 0.945. The van der Waals surface area contributed by atoms with Crippen molar-refractivity contribution in [3.8, 4) is 0 Å². The second kappa shape index (κ2) is 4.45. The van der Waals surface area contributed by atoms with Crippen LogP contribution in [-0.2, 0) is 0 Å². The van der Waals surface area contributed by atoms with E-state index in [1.807, 2.05) is 6.92 Å². The lowest BCUT2D eigenvalue weighted by atomic mass is 10.1. The molecule has 0 aromatic rings. The van der Waals surface area contributed by atoms with Crippen LogP contribution in [0.15, 0.2) is 34.3 Å². The lowest BCUT2D eigenvalue weighted by molar-refractivity contribution is 1.30. The molecule has 0 atom stereocenters. The molecule has 0 aliphatic rings. The zero-order valence-corrected chi connectivity index (χ0v) is 8.63. The lowest BCUT2D eigenvalue weighted by Crippen LogP contribution is -1.80. The smallest absolute Gasteiger partial charge is 0.0000106 e. The minimum absolute atomic E-state index is 0.847. The Kier molecular flexibility index (Phi) is 4.27.